The summed E-state index contributed by atoms with van der Waals surface area (Å²) in [5.74, 6) is 0.116. The fourth-order valence-electron chi connectivity index (χ4n) is 2.21. The Morgan fingerprint density at radius 2 is 1.69 bits per heavy atom. The number of nitrogens with one attached hydrogen (secondary N) is 1. The molecule has 0 amide bonds. The molecule has 0 fully saturated rings. The van der Waals surface area contributed by atoms with Crippen molar-refractivity contribution in [3.63, 3.8) is 0 Å². The zero-order valence-electron chi connectivity index (χ0n) is 13.3. The molecule has 26 heavy (non-hydrogen) atoms. The lowest BCUT2D eigenvalue weighted by molar-refractivity contribution is 0.609. The van der Waals surface area contributed by atoms with Crippen molar-refractivity contribution in [2.24, 2.45) is 0 Å². The number of benzene rings is 2. The molecule has 0 saturated heterocycles. The minimum atomic E-state index is -3.78. The number of aromatic nitrogens is 2. The van der Waals surface area contributed by atoms with E-state index in [9.17, 15) is 8.42 Å². The van der Waals surface area contributed by atoms with Crippen LogP contribution in [-0.2, 0) is 10.0 Å². The van der Waals surface area contributed by atoms with E-state index in [0.717, 1.165) is 15.4 Å². The summed E-state index contributed by atoms with van der Waals surface area (Å²) < 4.78 is 28.2. The Labute approximate surface area is 165 Å². The van der Waals surface area contributed by atoms with Crippen molar-refractivity contribution in [1.29, 1.82) is 0 Å². The second kappa shape index (κ2) is 7.99. The highest BCUT2D eigenvalue weighted by molar-refractivity contribution is 9.10. The molecule has 0 aliphatic rings. The van der Waals surface area contributed by atoms with Gasteiger partial charge >= 0.3 is 0 Å². The molecule has 0 aliphatic heterocycles. The van der Waals surface area contributed by atoms with Crippen LogP contribution in [0.25, 0.3) is 17.2 Å². The van der Waals surface area contributed by atoms with Crippen molar-refractivity contribution < 1.29 is 8.42 Å². The van der Waals surface area contributed by atoms with Gasteiger partial charge in [0.05, 0.1) is 11.0 Å². The zero-order chi connectivity index (χ0) is 18.6. The van der Waals surface area contributed by atoms with Crippen LogP contribution in [-0.4, -0.2) is 18.4 Å². The largest absolute Gasteiger partial charge is 0.263 e. The van der Waals surface area contributed by atoms with E-state index in [-0.39, 0.29) is 11.0 Å². The van der Waals surface area contributed by atoms with Crippen molar-refractivity contribution in [2.75, 3.05) is 4.72 Å². The molecule has 1 N–H and O–H groups in total. The molecule has 132 valence electrons. The highest BCUT2D eigenvalue weighted by atomic mass is 79.9. The molecule has 1 aromatic heterocycles. The Balaban J connectivity index is 1.93. The first-order chi connectivity index (χ1) is 12.4. The summed E-state index contributed by atoms with van der Waals surface area (Å²) in [4.78, 5) is 8.00. The molecule has 3 rings (SSSR count). The molecule has 5 nitrogen and oxygen atoms in total. The normalized spacial score (nSPS) is 11.6. The predicted molar refractivity (Wildman–Crippen MR) is 108 cm³/mol. The van der Waals surface area contributed by atoms with Crippen LogP contribution in [0.4, 0.5) is 5.82 Å². The Bertz CT molecular complexity index is 1040. The monoisotopic (exact) mass is 449 g/mol. The van der Waals surface area contributed by atoms with Crippen LogP contribution in [0.1, 0.15) is 5.56 Å². The summed E-state index contributed by atoms with van der Waals surface area (Å²) in [7, 11) is -3.78. The summed E-state index contributed by atoms with van der Waals surface area (Å²) in [6, 6.07) is 16.4. The SMILES string of the molecule is O=S(=O)(/C=C/c1ccccc1)Nc1ncnc(Cl)c1-c1ccc(Br)cc1. The van der Waals surface area contributed by atoms with Crippen LogP contribution in [0, 0.1) is 0 Å². The Morgan fingerprint density at radius 3 is 2.38 bits per heavy atom. The Kier molecular flexibility index (Phi) is 5.70. The maximum Gasteiger partial charge on any atom is 0.256 e. The molecule has 8 heteroatoms. The second-order valence-electron chi connectivity index (χ2n) is 5.26. The number of hydrogen-bond donors (Lipinski definition) is 1. The van der Waals surface area contributed by atoms with Gasteiger partial charge in [-0.15, -0.1) is 0 Å². The minimum absolute atomic E-state index is 0.116. The quantitative estimate of drug-likeness (QED) is 0.557. The Morgan fingerprint density at radius 1 is 1.00 bits per heavy atom. The van der Waals surface area contributed by atoms with Gasteiger partial charge in [-0.25, -0.2) is 18.4 Å². The van der Waals surface area contributed by atoms with Crippen molar-refractivity contribution in [2.45, 2.75) is 0 Å². The smallest absolute Gasteiger partial charge is 0.256 e. The molecular weight excluding hydrogens is 438 g/mol. The molecule has 1 heterocycles. The molecule has 3 aromatic rings. The Hall–Kier alpha value is -2.22. The van der Waals surface area contributed by atoms with E-state index in [1.165, 1.54) is 12.4 Å². The van der Waals surface area contributed by atoms with Gasteiger partial charge in [-0.05, 0) is 29.3 Å². The van der Waals surface area contributed by atoms with Gasteiger partial charge < -0.3 is 0 Å². The maximum atomic E-state index is 12.4. The van der Waals surface area contributed by atoms with E-state index < -0.39 is 10.0 Å². The molecule has 0 aliphatic carbocycles. The second-order valence-corrected chi connectivity index (χ2v) is 8.10. The van der Waals surface area contributed by atoms with Crippen LogP contribution >= 0.6 is 27.5 Å². The summed E-state index contributed by atoms with van der Waals surface area (Å²) >= 11 is 9.55. The third-order valence-corrected chi connectivity index (χ3v) is 5.20. The highest BCUT2D eigenvalue weighted by Gasteiger charge is 2.16. The van der Waals surface area contributed by atoms with Crippen LogP contribution < -0.4 is 4.72 Å². The van der Waals surface area contributed by atoms with Crippen LogP contribution in [0.5, 0.6) is 0 Å². The fourth-order valence-corrected chi connectivity index (χ4v) is 3.55. The number of sulfonamides is 1. The van der Waals surface area contributed by atoms with Gasteiger partial charge in [0.25, 0.3) is 10.0 Å². The first-order valence-electron chi connectivity index (χ1n) is 7.47. The van der Waals surface area contributed by atoms with E-state index in [4.69, 9.17) is 11.6 Å². The lowest BCUT2D eigenvalue weighted by Gasteiger charge is -2.11. The van der Waals surface area contributed by atoms with Crippen molar-refractivity contribution in [3.05, 3.63) is 81.5 Å². The number of halogens is 2. The summed E-state index contributed by atoms with van der Waals surface area (Å²) in [6.45, 7) is 0. The van der Waals surface area contributed by atoms with Gasteiger partial charge in [0.15, 0.2) is 5.82 Å². The van der Waals surface area contributed by atoms with Gasteiger partial charge in [-0.3, -0.25) is 4.72 Å². The van der Waals surface area contributed by atoms with E-state index in [1.54, 1.807) is 24.3 Å². The van der Waals surface area contributed by atoms with Gasteiger partial charge in [0.1, 0.15) is 11.5 Å². The third-order valence-electron chi connectivity index (χ3n) is 3.41. The lowest BCUT2D eigenvalue weighted by Crippen LogP contribution is -2.11. The van der Waals surface area contributed by atoms with Gasteiger partial charge in [0.2, 0.25) is 0 Å². The van der Waals surface area contributed by atoms with Crippen LogP contribution in [0.2, 0.25) is 5.15 Å². The number of hydrogen-bond acceptors (Lipinski definition) is 4. The molecule has 0 unspecified atom stereocenters. The van der Waals surface area contributed by atoms with Crippen molar-refractivity contribution in [3.8, 4) is 11.1 Å². The van der Waals surface area contributed by atoms with Gasteiger partial charge in [-0.2, -0.15) is 0 Å². The highest BCUT2D eigenvalue weighted by Crippen LogP contribution is 2.33. The summed E-state index contributed by atoms with van der Waals surface area (Å²) in [6.07, 6.45) is 2.72. The van der Waals surface area contributed by atoms with Crippen molar-refractivity contribution in [1.82, 2.24) is 9.97 Å². The standard InChI is InChI=1S/C18H13BrClN3O2S/c19-15-8-6-14(7-9-15)16-17(20)21-12-22-18(16)23-26(24,25)11-10-13-4-2-1-3-5-13/h1-12H,(H,21,22,23)/b11-10+. The van der Waals surface area contributed by atoms with E-state index in [0.29, 0.717) is 11.1 Å². The molecule has 0 radical (unpaired) electrons. The third kappa shape index (κ3) is 4.69. The fraction of sp³-hybridized carbons (Fsp3) is 0. The molecule has 2 aromatic carbocycles. The molecular formula is C18H13BrClN3O2S. The van der Waals surface area contributed by atoms with Gasteiger partial charge in [0, 0.05) is 4.47 Å². The molecule has 0 atom stereocenters. The average Bonchev–Trinajstić information content (AvgIpc) is 2.62. The number of rotatable bonds is 5. The van der Waals surface area contributed by atoms with E-state index >= 15 is 0 Å². The van der Waals surface area contributed by atoms with Crippen LogP contribution in [0.15, 0.2) is 70.8 Å². The molecule has 0 bridgehead atoms. The average molecular weight is 451 g/mol. The zero-order valence-corrected chi connectivity index (χ0v) is 16.5. The summed E-state index contributed by atoms with van der Waals surface area (Å²) in [5.41, 5.74) is 1.88. The van der Waals surface area contributed by atoms with Gasteiger partial charge in [-0.1, -0.05) is 70.0 Å². The first kappa shape index (κ1) is 18.6. The summed E-state index contributed by atoms with van der Waals surface area (Å²) in [5, 5.41) is 1.25. The van der Waals surface area contributed by atoms with E-state index in [1.807, 2.05) is 30.3 Å². The lowest BCUT2D eigenvalue weighted by atomic mass is 10.1. The van der Waals surface area contributed by atoms with Crippen LogP contribution in [0.3, 0.4) is 0 Å². The van der Waals surface area contributed by atoms with Crippen molar-refractivity contribution >= 4 is 49.4 Å². The molecule has 0 spiro atoms. The topological polar surface area (TPSA) is 72.0 Å². The first-order valence-corrected chi connectivity index (χ1v) is 10.2. The predicted octanol–water partition coefficient (Wildman–Crippen LogP) is 4.97. The minimum Gasteiger partial charge on any atom is -0.263 e. The maximum absolute atomic E-state index is 12.4. The number of nitrogens with zero attached hydrogens (tertiary/aromatic N) is 2. The van der Waals surface area contributed by atoms with E-state index in [2.05, 4.69) is 30.6 Å². The molecule has 0 saturated carbocycles. The number of anilines is 1.